The third-order valence-electron chi connectivity index (χ3n) is 1.95. The van der Waals surface area contributed by atoms with Crippen LogP contribution in [-0.4, -0.2) is 4.98 Å². The van der Waals surface area contributed by atoms with E-state index in [9.17, 15) is 0 Å². The van der Waals surface area contributed by atoms with Gasteiger partial charge in [0.05, 0.1) is 5.69 Å². The van der Waals surface area contributed by atoms with E-state index in [0.717, 1.165) is 5.69 Å². The number of azo groups is 1. The molecule has 0 bridgehead atoms. The molecule has 5 nitrogen and oxygen atoms in total. The normalized spacial score (nSPS) is 9.56. The zero-order chi connectivity index (χ0) is 11.4. The van der Waals surface area contributed by atoms with Crippen LogP contribution in [0.5, 0.6) is 0 Å². The summed E-state index contributed by atoms with van der Waals surface area (Å²) in [5, 5.41) is 8.03. The lowest BCUT2D eigenvalue weighted by molar-refractivity contribution is 1.21. The molecule has 1 aromatic carbocycles. The molecule has 7 heteroatoms. The van der Waals surface area contributed by atoms with Gasteiger partial charge in [-0.3, -0.25) is 0 Å². The van der Waals surface area contributed by atoms with Crippen molar-refractivity contribution in [2.24, 2.45) is 10.2 Å². The summed E-state index contributed by atoms with van der Waals surface area (Å²) >= 11 is 0. The first-order chi connectivity index (χ1) is 7.75. The minimum atomic E-state index is 0. The molecule has 2 aromatic rings. The smallest absolute Gasteiger partial charge is 0.153 e. The number of halogens is 2. The summed E-state index contributed by atoms with van der Waals surface area (Å²) in [7, 11) is 0. The van der Waals surface area contributed by atoms with Crippen LogP contribution in [0, 0.1) is 0 Å². The SMILES string of the molecule is Cl.I.Nc1ccc(/N=N/c2ccccc2)c(N)n1. The summed E-state index contributed by atoms with van der Waals surface area (Å²) in [5.74, 6) is 0.649. The highest BCUT2D eigenvalue weighted by atomic mass is 127. The predicted molar refractivity (Wildman–Crippen MR) is 86.3 cm³/mol. The zero-order valence-electron chi connectivity index (χ0n) is 9.35. The Morgan fingerprint density at radius 2 is 1.56 bits per heavy atom. The summed E-state index contributed by atoms with van der Waals surface area (Å²) < 4.78 is 0. The highest BCUT2D eigenvalue weighted by molar-refractivity contribution is 14.0. The Kier molecular flexibility index (Phi) is 7.21. The number of benzene rings is 1. The van der Waals surface area contributed by atoms with Crippen LogP contribution in [0.3, 0.4) is 0 Å². The maximum absolute atomic E-state index is 5.64. The van der Waals surface area contributed by atoms with Crippen molar-refractivity contribution in [2.75, 3.05) is 11.5 Å². The summed E-state index contributed by atoms with van der Waals surface area (Å²) in [4.78, 5) is 3.89. The number of nitrogens with zero attached hydrogens (tertiary/aromatic N) is 3. The third-order valence-corrected chi connectivity index (χ3v) is 1.95. The van der Waals surface area contributed by atoms with E-state index >= 15 is 0 Å². The average molecular weight is 378 g/mol. The van der Waals surface area contributed by atoms with Gasteiger partial charge < -0.3 is 11.5 Å². The average Bonchev–Trinajstić information content (AvgIpc) is 2.29. The Morgan fingerprint density at radius 3 is 2.17 bits per heavy atom. The van der Waals surface area contributed by atoms with E-state index in [4.69, 9.17) is 11.5 Å². The van der Waals surface area contributed by atoms with E-state index < -0.39 is 0 Å². The van der Waals surface area contributed by atoms with Crippen LogP contribution in [0.15, 0.2) is 52.7 Å². The van der Waals surface area contributed by atoms with Crippen molar-refractivity contribution in [1.29, 1.82) is 0 Å². The molecule has 0 amide bonds. The van der Waals surface area contributed by atoms with Gasteiger partial charge in [0.25, 0.3) is 0 Å². The molecule has 0 saturated carbocycles. The van der Waals surface area contributed by atoms with Crippen LogP contribution >= 0.6 is 36.4 Å². The van der Waals surface area contributed by atoms with Gasteiger partial charge in [-0.05, 0) is 24.3 Å². The lowest BCUT2D eigenvalue weighted by Gasteiger charge is -1.98. The topological polar surface area (TPSA) is 89.6 Å². The van der Waals surface area contributed by atoms with Crippen LogP contribution in [0.2, 0.25) is 0 Å². The quantitative estimate of drug-likeness (QED) is 0.617. The molecule has 0 unspecified atom stereocenters. The molecular formula is C11H13ClIN5. The molecule has 18 heavy (non-hydrogen) atoms. The fourth-order valence-electron chi connectivity index (χ4n) is 1.17. The fourth-order valence-corrected chi connectivity index (χ4v) is 1.17. The molecule has 0 aliphatic heterocycles. The van der Waals surface area contributed by atoms with Crippen molar-refractivity contribution in [1.82, 2.24) is 4.98 Å². The van der Waals surface area contributed by atoms with Crippen molar-refractivity contribution in [3.05, 3.63) is 42.5 Å². The molecule has 96 valence electrons. The second-order valence-corrected chi connectivity index (χ2v) is 3.18. The van der Waals surface area contributed by atoms with Crippen LogP contribution < -0.4 is 11.5 Å². The van der Waals surface area contributed by atoms with E-state index in [1.807, 2.05) is 30.3 Å². The maximum Gasteiger partial charge on any atom is 0.153 e. The molecule has 4 N–H and O–H groups in total. The van der Waals surface area contributed by atoms with Crippen molar-refractivity contribution in [3.8, 4) is 0 Å². The van der Waals surface area contributed by atoms with Crippen molar-refractivity contribution in [3.63, 3.8) is 0 Å². The Hall–Kier alpha value is -1.41. The van der Waals surface area contributed by atoms with E-state index in [-0.39, 0.29) is 42.2 Å². The molecule has 0 radical (unpaired) electrons. The molecule has 1 heterocycles. The summed E-state index contributed by atoms with van der Waals surface area (Å²) in [6.45, 7) is 0. The van der Waals surface area contributed by atoms with Crippen molar-refractivity contribution in [2.45, 2.75) is 0 Å². The molecule has 0 aliphatic rings. The molecule has 0 aliphatic carbocycles. The number of hydrogen-bond acceptors (Lipinski definition) is 5. The molecule has 0 spiro atoms. The maximum atomic E-state index is 5.64. The second kappa shape index (κ2) is 7.83. The molecule has 2 rings (SSSR count). The van der Waals surface area contributed by atoms with Gasteiger partial charge in [0.15, 0.2) is 5.82 Å². The van der Waals surface area contributed by atoms with E-state index in [1.54, 1.807) is 12.1 Å². The van der Waals surface area contributed by atoms with Gasteiger partial charge in [-0.2, -0.15) is 5.11 Å². The van der Waals surface area contributed by atoms with Gasteiger partial charge >= 0.3 is 0 Å². The highest BCUT2D eigenvalue weighted by Crippen LogP contribution is 2.23. The minimum absolute atomic E-state index is 0. The summed E-state index contributed by atoms with van der Waals surface area (Å²) in [5.41, 5.74) is 12.4. The number of aromatic nitrogens is 1. The molecule has 1 aromatic heterocycles. The Morgan fingerprint density at radius 1 is 0.889 bits per heavy atom. The number of nitrogens with two attached hydrogens (primary N) is 2. The van der Waals surface area contributed by atoms with Crippen LogP contribution in [-0.2, 0) is 0 Å². The third kappa shape index (κ3) is 4.46. The van der Waals surface area contributed by atoms with E-state index in [2.05, 4.69) is 15.2 Å². The first-order valence-electron chi connectivity index (χ1n) is 4.74. The predicted octanol–water partition coefficient (Wildman–Crippen LogP) is 3.70. The zero-order valence-corrected chi connectivity index (χ0v) is 12.5. The molecule has 0 atom stereocenters. The molecule has 0 saturated heterocycles. The number of hydrogen-bond donors (Lipinski definition) is 2. The van der Waals surface area contributed by atoms with Crippen LogP contribution in [0.25, 0.3) is 0 Å². The number of pyridine rings is 1. The molecule has 0 fully saturated rings. The first-order valence-corrected chi connectivity index (χ1v) is 4.74. The largest absolute Gasteiger partial charge is 0.384 e. The highest BCUT2D eigenvalue weighted by Gasteiger charge is 1.98. The van der Waals surface area contributed by atoms with Crippen LogP contribution in [0.1, 0.15) is 0 Å². The van der Waals surface area contributed by atoms with Crippen LogP contribution in [0.4, 0.5) is 23.0 Å². The minimum Gasteiger partial charge on any atom is -0.384 e. The molecular weight excluding hydrogens is 365 g/mol. The Balaban J connectivity index is 0.00000144. The van der Waals surface area contributed by atoms with Gasteiger partial charge in [-0.25, -0.2) is 4.98 Å². The van der Waals surface area contributed by atoms with Gasteiger partial charge in [0.1, 0.15) is 11.5 Å². The number of rotatable bonds is 2. The Labute approximate surface area is 128 Å². The van der Waals surface area contributed by atoms with E-state index in [1.165, 1.54) is 0 Å². The standard InChI is InChI=1S/C11H11N5.ClH.HI/c12-10-7-6-9(11(13)14-10)16-15-8-4-2-1-3-5-8;;/h1-7H,(H4,12,13,14);2*1H/b16-15+;;. The Bertz CT molecular complexity index is 518. The number of nitrogen functional groups attached to an aromatic ring is 2. The van der Waals surface area contributed by atoms with Gasteiger partial charge in [0, 0.05) is 0 Å². The monoisotopic (exact) mass is 377 g/mol. The second-order valence-electron chi connectivity index (χ2n) is 3.18. The lowest BCUT2D eigenvalue weighted by Crippen LogP contribution is -1.95. The van der Waals surface area contributed by atoms with Gasteiger partial charge in [-0.1, -0.05) is 18.2 Å². The van der Waals surface area contributed by atoms with Gasteiger partial charge in [-0.15, -0.1) is 41.5 Å². The van der Waals surface area contributed by atoms with Gasteiger partial charge in [0.2, 0.25) is 0 Å². The number of anilines is 2. The summed E-state index contributed by atoms with van der Waals surface area (Å²) in [6, 6.07) is 12.7. The van der Waals surface area contributed by atoms with Crippen molar-refractivity contribution >= 4 is 59.4 Å². The fraction of sp³-hybridized carbons (Fsp3) is 0. The summed E-state index contributed by atoms with van der Waals surface area (Å²) in [6.07, 6.45) is 0. The first kappa shape index (κ1) is 16.6. The lowest BCUT2D eigenvalue weighted by atomic mass is 10.3. The van der Waals surface area contributed by atoms with Crippen molar-refractivity contribution < 1.29 is 0 Å². The van der Waals surface area contributed by atoms with E-state index in [0.29, 0.717) is 11.5 Å².